The largest absolute Gasteiger partial charge is 0.462 e. The number of para-hydroxylation sites is 1. The summed E-state index contributed by atoms with van der Waals surface area (Å²) in [5, 5.41) is 3.63. The van der Waals surface area contributed by atoms with Gasteiger partial charge >= 0.3 is 5.97 Å². The molecule has 0 saturated carbocycles. The quantitative estimate of drug-likeness (QED) is 0.610. The summed E-state index contributed by atoms with van der Waals surface area (Å²) in [6, 6.07) is 10.4. The summed E-state index contributed by atoms with van der Waals surface area (Å²) in [7, 11) is 0. The van der Waals surface area contributed by atoms with Gasteiger partial charge in [0.05, 0.1) is 34.3 Å². The molecular weight excluding hydrogens is 356 g/mol. The zero-order valence-corrected chi connectivity index (χ0v) is 13.7. The molecule has 0 aliphatic carbocycles. The molecule has 6 heteroatoms. The van der Waals surface area contributed by atoms with Gasteiger partial charge in [-0.1, -0.05) is 33.6 Å². The molecule has 21 heavy (non-hydrogen) atoms. The van der Waals surface area contributed by atoms with Crippen molar-refractivity contribution in [3.63, 3.8) is 0 Å². The Morgan fingerprint density at radius 3 is 2.86 bits per heavy atom. The Balaban J connectivity index is 2.43. The molecule has 110 valence electrons. The highest BCUT2D eigenvalue weighted by molar-refractivity contribution is 9.10. The van der Waals surface area contributed by atoms with Gasteiger partial charge in [-0.2, -0.15) is 0 Å². The second kappa shape index (κ2) is 6.83. The van der Waals surface area contributed by atoms with E-state index < -0.39 is 5.97 Å². The van der Waals surface area contributed by atoms with Crippen LogP contribution in [0.4, 0.5) is 17.1 Å². The molecule has 2 aromatic rings. The van der Waals surface area contributed by atoms with Gasteiger partial charge in [-0.05, 0) is 37.3 Å². The summed E-state index contributed by atoms with van der Waals surface area (Å²) in [5.41, 5.74) is 7.91. The number of carbonyl (C=O) groups excluding carboxylic acids is 1. The minimum absolute atomic E-state index is 0.296. The van der Waals surface area contributed by atoms with Gasteiger partial charge in [0.1, 0.15) is 0 Å². The summed E-state index contributed by atoms with van der Waals surface area (Å²) in [5.74, 6) is -0.432. The molecule has 2 aromatic carbocycles. The lowest BCUT2D eigenvalue weighted by atomic mass is 10.1. The highest BCUT2D eigenvalue weighted by Gasteiger charge is 2.16. The molecule has 0 radical (unpaired) electrons. The van der Waals surface area contributed by atoms with Gasteiger partial charge in [0.2, 0.25) is 0 Å². The van der Waals surface area contributed by atoms with Crippen LogP contribution in [-0.4, -0.2) is 12.6 Å². The molecule has 0 aromatic heterocycles. The van der Waals surface area contributed by atoms with E-state index in [9.17, 15) is 4.79 Å². The summed E-state index contributed by atoms with van der Waals surface area (Å²) in [4.78, 5) is 12.0. The van der Waals surface area contributed by atoms with E-state index in [1.165, 1.54) is 0 Å². The van der Waals surface area contributed by atoms with Gasteiger partial charge in [0, 0.05) is 4.47 Å². The fourth-order valence-corrected chi connectivity index (χ4v) is 2.34. The van der Waals surface area contributed by atoms with Crippen molar-refractivity contribution < 1.29 is 9.53 Å². The molecule has 0 bridgehead atoms. The number of ether oxygens (including phenoxy) is 1. The van der Waals surface area contributed by atoms with Crippen molar-refractivity contribution >= 4 is 50.6 Å². The number of rotatable bonds is 4. The van der Waals surface area contributed by atoms with Crippen LogP contribution in [0.2, 0.25) is 5.02 Å². The van der Waals surface area contributed by atoms with Crippen LogP contribution in [-0.2, 0) is 4.74 Å². The van der Waals surface area contributed by atoms with Crippen LogP contribution in [0.25, 0.3) is 0 Å². The molecule has 0 saturated heterocycles. The minimum atomic E-state index is -0.432. The van der Waals surface area contributed by atoms with Crippen molar-refractivity contribution in [1.29, 1.82) is 0 Å². The predicted molar refractivity (Wildman–Crippen MR) is 89.2 cm³/mol. The Morgan fingerprint density at radius 1 is 1.38 bits per heavy atom. The average Bonchev–Trinajstić information content (AvgIpc) is 2.45. The Hall–Kier alpha value is -1.72. The van der Waals surface area contributed by atoms with Crippen LogP contribution in [0.1, 0.15) is 17.3 Å². The molecular formula is C15H14BrClN2O2. The summed E-state index contributed by atoms with van der Waals surface area (Å²) in [6.45, 7) is 2.05. The molecule has 2 rings (SSSR count). The SMILES string of the molecule is CCOC(=O)c1cccc(N)c1Nc1cc(Br)ccc1Cl. The number of carbonyl (C=O) groups is 1. The lowest BCUT2D eigenvalue weighted by molar-refractivity contribution is 0.0527. The zero-order chi connectivity index (χ0) is 15.4. The maximum Gasteiger partial charge on any atom is 0.340 e. The molecule has 0 aliphatic heterocycles. The average molecular weight is 370 g/mol. The zero-order valence-electron chi connectivity index (χ0n) is 11.3. The highest BCUT2D eigenvalue weighted by Crippen LogP contribution is 2.33. The van der Waals surface area contributed by atoms with E-state index in [0.29, 0.717) is 34.3 Å². The Morgan fingerprint density at radius 2 is 2.14 bits per heavy atom. The molecule has 0 spiro atoms. The summed E-state index contributed by atoms with van der Waals surface area (Å²) < 4.78 is 5.90. The third kappa shape index (κ3) is 3.68. The van der Waals surface area contributed by atoms with Gasteiger partial charge < -0.3 is 15.8 Å². The van der Waals surface area contributed by atoms with Crippen LogP contribution >= 0.6 is 27.5 Å². The summed E-state index contributed by atoms with van der Waals surface area (Å²) >= 11 is 9.53. The first-order chi connectivity index (χ1) is 10.0. The number of anilines is 3. The standard InChI is InChI=1S/C15H14BrClN2O2/c1-2-21-15(20)10-4-3-5-12(18)14(10)19-13-8-9(16)6-7-11(13)17/h3-8,19H,2,18H2,1H3. The van der Waals surface area contributed by atoms with Crippen LogP contribution < -0.4 is 11.1 Å². The summed E-state index contributed by atoms with van der Waals surface area (Å²) in [6.07, 6.45) is 0. The topological polar surface area (TPSA) is 64.3 Å². The van der Waals surface area contributed by atoms with E-state index >= 15 is 0 Å². The van der Waals surface area contributed by atoms with Crippen LogP contribution in [0.15, 0.2) is 40.9 Å². The molecule has 0 fully saturated rings. The lowest BCUT2D eigenvalue weighted by Gasteiger charge is -2.15. The van der Waals surface area contributed by atoms with Gasteiger partial charge in [0.15, 0.2) is 0 Å². The van der Waals surface area contributed by atoms with Crippen molar-refractivity contribution in [2.24, 2.45) is 0 Å². The van der Waals surface area contributed by atoms with E-state index in [1.54, 1.807) is 31.2 Å². The third-order valence-electron chi connectivity index (χ3n) is 2.78. The maximum absolute atomic E-state index is 12.0. The van der Waals surface area contributed by atoms with Crippen LogP contribution in [0, 0.1) is 0 Å². The number of hydrogen-bond acceptors (Lipinski definition) is 4. The molecule has 4 nitrogen and oxygen atoms in total. The fourth-order valence-electron chi connectivity index (χ4n) is 1.82. The molecule has 0 atom stereocenters. The van der Waals surface area contributed by atoms with E-state index in [1.807, 2.05) is 12.1 Å². The minimum Gasteiger partial charge on any atom is -0.462 e. The van der Waals surface area contributed by atoms with Crippen LogP contribution in [0.3, 0.4) is 0 Å². The fraction of sp³-hybridized carbons (Fsp3) is 0.133. The lowest BCUT2D eigenvalue weighted by Crippen LogP contribution is -2.09. The number of nitrogens with two attached hydrogens (primary N) is 1. The smallest absolute Gasteiger partial charge is 0.340 e. The predicted octanol–water partition coefficient (Wildman–Crippen LogP) is 4.61. The second-order valence-corrected chi connectivity index (χ2v) is 5.56. The Bertz CT molecular complexity index is 677. The van der Waals surface area contributed by atoms with Gasteiger partial charge in [-0.3, -0.25) is 0 Å². The monoisotopic (exact) mass is 368 g/mol. The molecule has 3 N–H and O–H groups in total. The van der Waals surface area contributed by atoms with Gasteiger partial charge in [-0.15, -0.1) is 0 Å². The second-order valence-electron chi connectivity index (χ2n) is 4.24. The number of nitrogen functional groups attached to an aromatic ring is 1. The Labute approximate surface area is 136 Å². The van der Waals surface area contributed by atoms with Crippen molar-refractivity contribution in [2.45, 2.75) is 6.92 Å². The molecule has 0 aliphatic rings. The normalized spacial score (nSPS) is 10.2. The van der Waals surface area contributed by atoms with E-state index in [-0.39, 0.29) is 0 Å². The first-order valence-electron chi connectivity index (χ1n) is 6.30. The van der Waals surface area contributed by atoms with Gasteiger partial charge in [-0.25, -0.2) is 4.79 Å². The van der Waals surface area contributed by atoms with Crippen molar-refractivity contribution in [3.05, 3.63) is 51.5 Å². The first-order valence-corrected chi connectivity index (χ1v) is 7.47. The third-order valence-corrected chi connectivity index (χ3v) is 3.60. The van der Waals surface area contributed by atoms with E-state index in [2.05, 4.69) is 21.2 Å². The maximum atomic E-state index is 12.0. The van der Waals surface area contributed by atoms with Gasteiger partial charge in [0.25, 0.3) is 0 Å². The molecule has 0 heterocycles. The number of nitrogens with one attached hydrogen (secondary N) is 1. The molecule has 0 unspecified atom stereocenters. The molecule has 0 amide bonds. The van der Waals surface area contributed by atoms with Crippen molar-refractivity contribution in [2.75, 3.05) is 17.7 Å². The number of esters is 1. The van der Waals surface area contributed by atoms with E-state index in [4.69, 9.17) is 22.1 Å². The van der Waals surface area contributed by atoms with E-state index in [0.717, 1.165) is 4.47 Å². The van der Waals surface area contributed by atoms with Crippen molar-refractivity contribution in [3.8, 4) is 0 Å². The Kier molecular flexibility index (Phi) is 5.09. The highest BCUT2D eigenvalue weighted by atomic mass is 79.9. The van der Waals surface area contributed by atoms with Crippen molar-refractivity contribution in [1.82, 2.24) is 0 Å². The number of halogens is 2. The van der Waals surface area contributed by atoms with Crippen LogP contribution in [0.5, 0.6) is 0 Å². The first kappa shape index (κ1) is 15.7. The number of hydrogen-bond donors (Lipinski definition) is 2. The number of benzene rings is 2.